The van der Waals surface area contributed by atoms with E-state index in [0.717, 1.165) is 6.42 Å². The molecule has 0 saturated heterocycles. The van der Waals surface area contributed by atoms with Gasteiger partial charge in [0.1, 0.15) is 10.6 Å². The summed E-state index contributed by atoms with van der Waals surface area (Å²) >= 11 is 0. The lowest BCUT2D eigenvalue weighted by atomic mass is 10.1. The minimum Gasteiger partial charge on any atom is -0.495 e. The Kier molecular flexibility index (Phi) is 7.24. The van der Waals surface area contributed by atoms with Crippen LogP contribution < -0.4 is 24.7 Å². The van der Waals surface area contributed by atoms with Gasteiger partial charge in [-0.2, -0.15) is 0 Å². The van der Waals surface area contributed by atoms with Crippen LogP contribution >= 0.6 is 0 Å². The largest absolute Gasteiger partial charge is 0.495 e. The molecule has 0 radical (unpaired) electrons. The summed E-state index contributed by atoms with van der Waals surface area (Å²) in [7, 11) is -2.68. The Hall–Kier alpha value is -2.78. The predicted octanol–water partition coefficient (Wildman–Crippen LogP) is 2.78. The van der Waals surface area contributed by atoms with Crippen molar-refractivity contribution in [3.05, 3.63) is 42.0 Å². The highest BCUT2D eigenvalue weighted by molar-refractivity contribution is 7.89. The van der Waals surface area contributed by atoms with E-state index in [0.29, 0.717) is 30.3 Å². The van der Waals surface area contributed by atoms with Gasteiger partial charge < -0.3 is 19.5 Å². The maximum absolute atomic E-state index is 12.6. The van der Waals surface area contributed by atoms with Gasteiger partial charge in [-0.25, -0.2) is 13.6 Å². The average Bonchev–Trinajstić information content (AvgIpc) is 2.66. The van der Waals surface area contributed by atoms with Gasteiger partial charge in [0.05, 0.1) is 20.3 Å². The Morgan fingerprint density at radius 3 is 2.36 bits per heavy atom. The zero-order valence-electron chi connectivity index (χ0n) is 16.0. The van der Waals surface area contributed by atoms with Gasteiger partial charge in [0.25, 0.3) is 5.91 Å². The maximum atomic E-state index is 12.6. The third kappa shape index (κ3) is 5.37. The highest BCUT2D eigenvalue weighted by Gasteiger charge is 2.17. The lowest BCUT2D eigenvalue weighted by Crippen LogP contribution is -2.16. The molecule has 2 aromatic rings. The molecule has 0 unspecified atom stereocenters. The molecule has 28 heavy (non-hydrogen) atoms. The number of nitrogens with one attached hydrogen (secondary N) is 1. The summed E-state index contributed by atoms with van der Waals surface area (Å²) in [5, 5.41) is 7.85. The second-order valence-electron chi connectivity index (χ2n) is 5.81. The number of primary sulfonamides is 1. The number of nitrogens with two attached hydrogens (primary N) is 1. The van der Waals surface area contributed by atoms with E-state index in [9.17, 15) is 13.2 Å². The molecule has 0 aromatic heterocycles. The third-order valence-corrected chi connectivity index (χ3v) is 4.63. The molecule has 9 heteroatoms. The Bertz CT molecular complexity index is 943. The highest BCUT2D eigenvalue weighted by atomic mass is 32.2. The molecule has 3 N–H and O–H groups in total. The monoisotopic (exact) mass is 408 g/mol. The zero-order chi connectivity index (χ0) is 20.7. The number of amides is 1. The van der Waals surface area contributed by atoms with Crippen molar-refractivity contribution in [1.82, 2.24) is 0 Å². The fraction of sp³-hybridized carbons (Fsp3) is 0.316. The van der Waals surface area contributed by atoms with Crippen molar-refractivity contribution in [3.8, 4) is 17.2 Å². The van der Waals surface area contributed by atoms with E-state index in [1.165, 1.54) is 25.3 Å². The number of hydrogen-bond acceptors (Lipinski definition) is 6. The van der Waals surface area contributed by atoms with E-state index in [1.807, 2.05) is 13.8 Å². The predicted molar refractivity (Wildman–Crippen MR) is 106 cm³/mol. The van der Waals surface area contributed by atoms with Crippen molar-refractivity contribution in [1.29, 1.82) is 0 Å². The Morgan fingerprint density at radius 1 is 1.04 bits per heavy atom. The van der Waals surface area contributed by atoms with Gasteiger partial charge in [0, 0.05) is 11.3 Å². The number of ether oxygens (including phenoxy) is 3. The van der Waals surface area contributed by atoms with Crippen molar-refractivity contribution in [2.24, 2.45) is 5.14 Å². The molecular weight excluding hydrogens is 384 g/mol. The summed E-state index contributed by atoms with van der Waals surface area (Å²) in [5.41, 5.74) is 0.597. The fourth-order valence-electron chi connectivity index (χ4n) is 2.43. The molecule has 1 amide bonds. The number of sulfonamides is 1. The van der Waals surface area contributed by atoms with Crippen LogP contribution in [0, 0.1) is 0 Å². The van der Waals surface area contributed by atoms with E-state index in [1.54, 1.807) is 18.2 Å². The van der Waals surface area contributed by atoms with Gasteiger partial charge in [-0.1, -0.05) is 6.92 Å². The van der Waals surface area contributed by atoms with Crippen molar-refractivity contribution in [2.45, 2.75) is 25.2 Å². The van der Waals surface area contributed by atoms with Crippen LogP contribution in [0.4, 0.5) is 5.69 Å². The Labute approximate surface area is 164 Å². The van der Waals surface area contributed by atoms with Crippen LogP contribution in [-0.2, 0) is 10.0 Å². The minimum atomic E-state index is -4.01. The second-order valence-corrected chi connectivity index (χ2v) is 7.34. The first-order chi connectivity index (χ1) is 13.3. The fourth-order valence-corrected chi connectivity index (χ4v) is 3.15. The molecule has 0 atom stereocenters. The van der Waals surface area contributed by atoms with Crippen LogP contribution in [0.1, 0.15) is 30.6 Å². The molecule has 0 aliphatic rings. The van der Waals surface area contributed by atoms with Gasteiger partial charge in [-0.3, -0.25) is 4.79 Å². The summed E-state index contributed by atoms with van der Waals surface area (Å²) in [6.45, 7) is 4.78. The lowest BCUT2D eigenvalue weighted by Gasteiger charge is -2.14. The van der Waals surface area contributed by atoms with Crippen molar-refractivity contribution >= 4 is 21.6 Å². The van der Waals surface area contributed by atoms with Gasteiger partial charge in [0.15, 0.2) is 11.5 Å². The smallest absolute Gasteiger partial charge is 0.255 e. The quantitative estimate of drug-likeness (QED) is 0.659. The van der Waals surface area contributed by atoms with E-state index < -0.39 is 15.9 Å². The summed E-state index contributed by atoms with van der Waals surface area (Å²) in [6, 6.07) is 9.03. The van der Waals surface area contributed by atoms with Crippen LogP contribution in [0.5, 0.6) is 17.2 Å². The molecule has 0 bridgehead atoms. The first kappa shape index (κ1) is 21.5. The first-order valence-electron chi connectivity index (χ1n) is 8.72. The van der Waals surface area contributed by atoms with E-state index in [4.69, 9.17) is 19.3 Å². The van der Waals surface area contributed by atoms with Crippen molar-refractivity contribution in [3.63, 3.8) is 0 Å². The molecule has 2 aromatic carbocycles. The third-order valence-electron chi connectivity index (χ3n) is 3.70. The highest BCUT2D eigenvalue weighted by Crippen LogP contribution is 2.30. The molecule has 8 nitrogen and oxygen atoms in total. The van der Waals surface area contributed by atoms with Gasteiger partial charge in [-0.05, 0) is 49.7 Å². The molecule has 0 heterocycles. The number of carbonyl (C=O) groups is 1. The normalized spacial score (nSPS) is 11.0. The van der Waals surface area contributed by atoms with Crippen molar-refractivity contribution < 1.29 is 27.4 Å². The summed E-state index contributed by atoms with van der Waals surface area (Å²) in [5.74, 6) is 0.676. The molecule has 0 fully saturated rings. The molecule has 0 aliphatic heterocycles. The van der Waals surface area contributed by atoms with Crippen LogP contribution in [0.15, 0.2) is 41.3 Å². The number of rotatable bonds is 9. The summed E-state index contributed by atoms with van der Waals surface area (Å²) in [4.78, 5) is 12.4. The Morgan fingerprint density at radius 2 is 1.75 bits per heavy atom. The summed E-state index contributed by atoms with van der Waals surface area (Å²) < 4.78 is 39.6. The maximum Gasteiger partial charge on any atom is 0.255 e. The number of benzene rings is 2. The molecule has 152 valence electrons. The van der Waals surface area contributed by atoms with Crippen LogP contribution in [0.2, 0.25) is 0 Å². The van der Waals surface area contributed by atoms with E-state index >= 15 is 0 Å². The Balaban J connectivity index is 2.28. The first-order valence-corrected chi connectivity index (χ1v) is 10.3. The molecule has 0 spiro atoms. The van der Waals surface area contributed by atoms with E-state index in [-0.39, 0.29) is 16.3 Å². The molecular formula is C19H24N2O6S. The molecule has 0 aliphatic carbocycles. The van der Waals surface area contributed by atoms with Gasteiger partial charge in [-0.15, -0.1) is 0 Å². The number of anilines is 1. The average molecular weight is 408 g/mol. The van der Waals surface area contributed by atoms with Crippen LogP contribution in [-0.4, -0.2) is 34.6 Å². The zero-order valence-corrected chi connectivity index (χ0v) is 16.8. The SMILES string of the molecule is CCCOc1ccc(C(=O)Nc2ccc(OC)c(S(N)(=O)=O)c2)cc1OCC. The van der Waals surface area contributed by atoms with Crippen LogP contribution in [0.25, 0.3) is 0 Å². The van der Waals surface area contributed by atoms with Crippen LogP contribution in [0.3, 0.4) is 0 Å². The minimum absolute atomic E-state index is 0.0940. The number of methoxy groups -OCH3 is 1. The lowest BCUT2D eigenvalue weighted by molar-refractivity contribution is 0.102. The topological polar surface area (TPSA) is 117 Å². The molecule has 2 rings (SSSR count). The number of hydrogen-bond donors (Lipinski definition) is 2. The standard InChI is InChI=1S/C19H24N2O6S/c1-4-10-27-15-8-6-13(11-17(15)26-5-2)19(22)21-14-7-9-16(25-3)18(12-14)28(20,23)24/h6-9,11-12H,4-5,10H2,1-3H3,(H,21,22)(H2,20,23,24). The second kappa shape index (κ2) is 9.43. The van der Waals surface area contributed by atoms with Gasteiger partial charge >= 0.3 is 0 Å². The molecule has 0 saturated carbocycles. The summed E-state index contributed by atoms with van der Waals surface area (Å²) in [6.07, 6.45) is 0.845. The number of carbonyl (C=O) groups excluding carboxylic acids is 1. The van der Waals surface area contributed by atoms with Crippen molar-refractivity contribution in [2.75, 3.05) is 25.6 Å². The van der Waals surface area contributed by atoms with E-state index in [2.05, 4.69) is 5.32 Å². The van der Waals surface area contributed by atoms with Gasteiger partial charge in [0.2, 0.25) is 10.0 Å².